The number of para-hydroxylation sites is 2. The summed E-state index contributed by atoms with van der Waals surface area (Å²) in [6.45, 7) is 4.57. The third-order valence-corrected chi connectivity index (χ3v) is 5.28. The average molecular weight is 363 g/mol. The van der Waals surface area contributed by atoms with E-state index in [1.807, 2.05) is 42.2 Å². The van der Waals surface area contributed by atoms with Gasteiger partial charge < -0.3 is 9.47 Å². The van der Waals surface area contributed by atoms with Crippen molar-refractivity contribution in [1.82, 2.24) is 14.7 Å². The third kappa shape index (κ3) is 3.55. The van der Waals surface area contributed by atoms with Gasteiger partial charge >= 0.3 is 0 Å². The monoisotopic (exact) mass is 363 g/mol. The van der Waals surface area contributed by atoms with E-state index in [1.165, 1.54) is 16.8 Å². The lowest BCUT2D eigenvalue weighted by atomic mass is 10.1. The van der Waals surface area contributed by atoms with Crippen molar-refractivity contribution < 1.29 is 9.47 Å². The van der Waals surface area contributed by atoms with Crippen LogP contribution in [0.2, 0.25) is 0 Å². The molecule has 27 heavy (non-hydrogen) atoms. The highest BCUT2D eigenvalue weighted by Crippen LogP contribution is 2.35. The molecule has 0 unspecified atom stereocenters. The minimum absolute atomic E-state index is 0.0956. The van der Waals surface area contributed by atoms with Crippen molar-refractivity contribution in [3.05, 3.63) is 77.1 Å². The minimum Gasteiger partial charge on any atom is -0.496 e. The molecular weight excluding hydrogens is 338 g/mol. The lowest BCUT2D eigenvalue weighted by Gasteiger charge is -2.25. The Bertz CT molecular complexity index is 935. The predicted molar refractivity (Wildman–Crippen MR) is 105 cm³/mol. The molecule has 0 aliphatic carbocycles. The van der Waals surface area contributed by atoms with E-state index in [4.69, 9.17) is 9.47 Å². The molecule has 2 aromatic carbocycles. The molecule has 1 atom stereocenters. The Labute approximate surface area is 160 Å². The maximum absolute atomic E-state index is 6.45. The molecule has 2 heterocycles. The van der Waals surface area contributed by atoms with Gasteiger partial charge in [-0.1, -0.05) is 36.4 Å². The van der Waals surface area contributed by atoms with E-state index in [1.54, 1.807) is 7.11 Å². The van der Waals surface area contributed by atoms with Gasteiger partial charge in [-0.2, -0.15) is 5.10 Å². The first-order valence-electron chi connectivity index (χ1n) is 9.23. The van der Waals surface area contributed by atoms with Gasteiger partial charge in [-0.3, -0.25) is 9.58 Å². The Kier molecular flexibility index (Phi) is 4.86. The van der Waals surface area contributed by atoms with E-state index in [9.17, 15) is 0 Å². The predicted octanol–water partition coefficient (Wildman–Crippen LogP) is 3.87. The molecule has 4 rings (SSSR count). The number of benzene rings is 2. The highest BCUT2D eigenvalue weighted by Gasteiger charge is 2.26. The zero-order valence-corrected chi connectivity index (χ0v) is 16.1. The number of hydrogen-bond acceptors (Lipinski definition) is 4. The summed E-state index contributed by atoms with van der Waals surface area (Å²) in [5, 5.41) is 4.39. The van der Waals surface area contributed by atoms with Crippen LogP contribution in [0.25, 0.3) is 0 Å². The number of aryl methyl sites for hydroxylation is 1. The molecular formula is C22H25N3O2. The number of ether oxygens (including phenoxy) is 2. The molecule has 0 saturated heterocycles. The first-order valence-corrected chi connectivity index (χ1v) is 9.23. The van der Waals surface area contributed by atoms with Crippen LogP contribution in [-0.2, 0) is 20.1 Å². The van der Waals surface area contributed by atoms with Crippen LogP contribution in [0.5, 0.6) is 11.5 Å². The van der Waals surface area contributed by atoms with Crippen molar-refractivity contribution in [2.45, 2.75) is 26.1 Å². The largest absolute Gasteiger partial charge is 0.496 e. The van der Waals surface area contributed by atoms with Crippen LogP contribution in [0.1, 0.15) is 28.5 Å². The second-order valence-corrected chi connectivity index (χ2v) is 7.00. The topological polar surface area (TPSA) is 39.5 Å². The van der Waals surface area contributed by atoms with Crippen molar-refractivity contribution in [2.75, 3.05) is 13.7 Å². The maximum Gasteiger partial charge on any atom is 0.140 e. The molecule has 0 fully saturated rings. The molecule has 0 saturated carbocycles. The summed E-state index contributed by atoms with van der Waals surface area (Å²) in [4.78, 5) is 2.42. The number of methoxy groups -OCH3 is 1. The van der Waals surface area contributed by atoms with Crippen molar-refractivity contribution in [1.29, 1.82) is 0 Å². The van der Waals surface area contributed by atoms with E-state index >= 15 is 0 Å². The summed E-state index contributed by atoms with van der Waals surface area (Å²) < 4.78 is 14.0. The van der Waals surface area contributed by atoms with Gasteiger partial charge in [0.2, 0.25) is 0 Å². The Morgan fingerprint density at radius 3 is 2.70 bits per heavy atom. The van der Waals surface area contributed by atoms with E-state index in [-0.39, 0.29) is 6.10 Å². The van der Waals surface area contributed by atoms with Gasteiger partial charge in [-0.25, -0.2) is 0 Å². The lowest BCUT2D eigenvalue weighted by molar-refractivity contribution is 0.141. The summed E-state index contributed by atoms with van der Waals surface area (Å²) in [6.07, 6.45) is 1.87. The first-order chi connectivity index (χ1) is 13.2. The number of hydrogen-bond donors (Lipinski definition) is 0. The molecule has 1 aliphatic heterocycles. The van der Waals surface area contributed by atoms with Crippen LogP contribution in [0.3, 0.4) is 0 Å². The summed E-state index contributed by atoms with van der Waals surface area (Å²) in [7, 11) is 3.69. The minimum atomic E-state index is -0.0956. The van der Waals surface area contributed by atoms with Gasteiger partial charge in [0.15, 0.2) is 0 Å². The molecule has 0 radical (unpaired) electrons. The molecule has 1 aliphatic rings. The molecule has 0 bridgehead atoms. The summed E-state index contributed by atoms with van der Waals surface area (Å²) >= 11 is 0. The van der Waals surface area contributed by atoms with Gasteiger partial charge in [0.05, 0.1) is 13.3 Å². The van der Waals surface area contributed by atoms with Crippen molar-refractivity contribution >= 4 is 0 Å². The van der Waals surface area contributed by atoms with Crippen LogP contribution < -0.4 is 9.47 Å². The SMILES string of the molecule is COc1ccccc1[C@@H]1CN(Cc2cnn(C)c2C)Cc2ccccc2O1. The molecule has 5 nitrogen and oxygen atoms in total. The van der Waals surface area contributed by atoms with E-state index in [2.05, 4.69) is 41.2 Å². The third-order valence-electron chi connectivity index (χ3n) is 5.28. The Hall–Kier alpha value is -2.79. The number of fused-ring (bicyclic) bond motifs is 1. The van der Waals surface area contributed by atoms with Gasteiger partial charge in [0, 0.05) is 49.1 Å². The highest BCUT2D eigenvalue weighted by atomic mass is 16.5. The summed E-state index contributed by atoms with van der Waals surface area (Å²) in [5.74, 6) is 1.80. The normalized spacial score (nSPS) is 17.1. The molecule has 0 amide bonds. The van der Waals surface area contributed by atoms with E-state index < -0.39 is 0 Å². The fourth-order valence-corrected chi connectivity index (χ4v) is 3.63. The summed E-state index contributed by atoms with van der Waals surface area (Å²) in [5.41, 5.74) is 4.72. The molecule has 140 valence electrons. The van der Waals surface area contributed by atoms with Crippen molar-refractivity contribution in [3.63, 3.8) is 0 Å². The first kappa shape index (κ1) is 17.6. The molecule has 0 N–H and O–H groups in total. The zero-order valence-electron chi connectivity index (χ0n) is 16.1. The second-order valence-electron chi connectivity index (χ2n) is 7.00. The van der Waals surface area contributed by atoms with E-state index in [0.717, 1.165) is 36.7 Å². The van der Waals surface area contributed by atoms with Crippen LogP contribution >= 0.6 is 0 Å². The number of nitrogens with zero attached hydrogens (tertiary/aromatic N) is 3. The standard InChI is InChI=1S/C22H25N3O2/c1-16-18(12-23-24(16)2)14-25-13-17-8-4-6-10-20(17)27-22(15-25)19-9-5-7-11-21(19)26-3/h4-12,22H,13-15H2,1-3H3/t22-/m0/s1. The smallest absolute Gasteiger partial charge is 0.140 e. The van der Waals surface area contributed by atoms with Crippen molar-refractivity contribution in [2.24, 2.45) is 7.05 Å². The Morgan fingerprint density at radius 1 is 1.15 bits per heavy atom. The quantitative estimate of drug-likeness (QED) is 0.705. The maximum atomic E-state index is 6.45. The van der Waals surface area contributed by atoms with Crippen LogP contribution in [0, 0.1) is 6.92 Å². The summed E-state index contributed by atoms with van der Waals surface area (Å²) in [6, 6.07) is 16.4. The van der Waals surface area contributed by atoms with Gasteiger partial charge in [-0.15, -0.1) is 0 Å². The Balaban J connectivity index is 1.69. The van der Waals surface area contributed by atoms with Gasteiger partial charge in [-0.05, 0) is 19.1 Å². The molecule has 0 spiro atoms. The number of aromatic nitrogens is 2. The highest BCUT2D eigenvalue weighted by molar-refractivity contribution is 5.39. The van der Waals surface area contributed by atoms with Gasteiger partial charge in [0.1, 0.15) is 17.6 Å². The number of rotatable bonds is 4. The van der Waals surface area contributed by atoms with Gasteiger partial charge in [0.25, 0.3) is 0 Å². The fraction of sp³-hybridized carbons (Fsp3) is 0.318. The van der Waals surface area contributed by atoms with Crippen LogP contribution in [0.4, 0.5) is 0 Å². The Morgan fingerprint density at radius 2 is 1.93 bits per heavy atom. The zero-order chi connectivity index (χ0) is 18.8. The average Bonchev–Trinajstić information content (AvgIpc) is 2.91. The van der Waals surface area contributed by atoms with Crippen LogP contribution in [0.15, 0.2) is 54.7 Å². The van der Waals surface area contributed by atoms with Crippen molar-refractivity contribution in [3.8, 4) is 11.5 Å². The molecule has 5 heteroatoms. The second kappa shape index (κ2) is 7.45. The molecule has 1 aromatic heterocycles. The molecule has 3 aromatic rings. The fourth-order valence-electron chi connectivity index (χ4n) is 3.63. The van der Waals surface area contributed by atoms with Crippen LogP contribution in [-0.4, -0.2) is 28.3 Å². The lowest BCUT2D eigenvalue weighted by Crippen LogP contribution is -2.28. The van der Waals surface area contributed by atoms with E-state index in [0.29, 0.717) is 0 Å².